The van der Waals surface area contributed by atoms with Gasteiger partial charge < -0.3 is 10.6 Å². The van der Waals surface area contributed by atoms with Gasteiger partial charge in [-0.15, -0.1) is 0 Å². The van der Waals surface area contributed by atoms with E-state index in [0.29, 0.717) is 45.2 Å². The van der Waals surface area contributed by atoms with Crippen LogP contribution in [0.2, 0.25) is 10.0 Å². The number of para-hydroxylation sites is 1. The number of hydrogen-bond acceptors (Lipinski definition) is 7. The third-order valence-electron chi connectivity index (χ3n) is 5.58. The summed E-state index contributed by atoms with van der Waals surface area (Å²) in [4.78, 5) is 24.1. The molecule has 0 spiro atoms. The lowest BCUT2D eigenvalue weighted by molar-refractivity contribution is 0.415. The average Bonchev–Trinajstić information content (AvgIpc) is 3.31. The summed E-state index contributed by atoms with van der Waals surface area (Å²) in [6.45, 7) is 0.669. The smallest absolute Gasteiger partial charge is 0.284 e. The highest BCUT2D eigenvalue weighted by atomic mass is 35.5. The van der Waals surface area contributed by atoms with Crippen molar-refractivity contribution >= 4 is 46.3 Å². The summed E-state index contributed by atoms with van der Waals surface area (Å²) in [5.41, 5.74) is 7.12. The molecular weight excluding hydrogens is 453 g/mol. The van der Waals surface area contributed by atoms with E-state index >= 15 is 0 Å². The van der Waals surface area contributed by atoms with E-state index in [1.807, 2.05) is 35.2 Å². The fourth-order valence-corrected chi connectivity index (χ4v) is 4.41. The van der Waals surface area contributed by atoms with E-state index < -0.39 is 0 Å². The van der Waals surface area contributed by atoms with Crippen molar-refractivity contribution in [3.05, 3.63) is 75.0 Å². The first-order valence-corrected chi connectivity index (χ1v) is 10.6. The van der Waals surface area contributed by atoms with Gasteiger partial charge >= 0.3 is 0 Å². The van der Waals surface area contributed by atoms with Gasteiger partial charge in [0.05, 0.1) is 22.9 Å². The van der Waals surface area contributed by atoms with Crippen LogP contribution < -0.4 is 16.2 Å². The Hall–Kier alpha value is -3.63. The van der Waals surface area contributed by atoms with E-state index in [9.17, 15) is 4.79 Å². The number of halogens is 2. The third kappa shape index (κ3) is 2.69. The molecule has 1 atom stereocenters. The molecule has 32 heavy (non-hydrogen) atoms. The maximum Gasteiger partial charge on any atom is 0.284 e. The predicted octanol–water partition coefficient (Wildman–Crippen LogP) is 2.76. The number of fused-ring (bicyclic) bond motifs is 2. The Balaban J connectivity index is 1.57. The van der Waals surface area contributed by atoms with Crippen molar-refractivity contribution in [1.29, 1.82) is 0 Å². The molecular formula is C20H15Cl2N9O. The van der Waals surface area contributed by atoms with Crippen LogP contribution in [-0.4, -0.2) is 40.3 Å². The summed E-state index contributed by atoms with van der Waals surface area (Å²) >= 11 is 12.5. The number of hydrogen-bond donors (Lipinski definition) is 1. The van der Waals surface area contributed by atoms with Gasteiger partial charge in [-0.1, -0.05) is 41.4 Å². The Morgan fingerprint density at radius 1 is 1.06 bits per heavy atom. The van der Waals surface area contributed by atoms with Crippen molar-refractivity contribution < 1.29 is 0 Å². The minimum Gasteiger partial charge on any atom is -0.368 e. The van der Waals surface area contributed by atoms with Gasteiger partial charge in [0, 0.05) is 12.7 Å². The van der Waals surface area contributed by atoms with Crippen LogP contribution in [0.1, 0.15) is 18.3 Å². The Bertz CT molecular complexity index is 1560. The largest absolute Gasteiger partial charge is 0.368 e. The van der Waals surface area contributed by atoms with E-state index in [-0.39, 0.29) is 17.5 Å². The van der Waals surface area contributed by atoms with Crippen molar-refractivity contribution in [3.63, 3.8) is 0 Å². The molecule has 0 bridgehead atoms. The predicted molar refractivity (Wildman–Crippen MR) is 121 cm³/mol. The second-order valence-electron chi connectivity index (χ2n) is 7.40. The van der Waals surface area contributed by atoms with Crippen LogP contribution in [-0.2, 0) is 0 Å². The van der Waals surface area contributed by atoms with Gasteiger partial charge in [-0.25, -0.2) is 4.52 Å². The summed E-state index contributed by atoms with van der Waals surface area (Å²) in [5.74, 6) is 1.12. The van der Waals surface area contributed by atoms with Crippen molar-refractivity contribution in [3.8, 4) is 5.69 Å². The van der Waals surface area contributed by atoms with Gasteiger partial charge in [-0.2, -0.15) is 24.7 Å². The molecule has 0 aliphatic carbocycles. The number of anilines is 2. The van der Waals surface area contributed by atoms with Gasteiger partial charge in [0.25, 0.3) is 5.56 Å². The summed E-state index contributed by atoms with van der Waals surface area (Å²) in [6, 6.07) is 10.7. The monoisotopic (exact) mass is 467 g/mol. The molecule has 1 saturated heterocycles. The highest BCUT2D eigenvalue weighted by molar-refractivity contribution is 6.34. The Kier molecular flexibility index (Phi) is 4.14. The molecule has 12 heteroatoms. The maximum absolute atomic E-state index is 13.5. The fraction of sp³-hybridized carbons (Fsp3) is 0.150. The van der Waals surface area contributed by atoms with Crippen molar-refractivity contribution in [2.75, 3.05) is 17.2 Å². The molecule has 0 amide bonds. The van der Waals surface area contributed by atoms with Gasteiger partial charge in [-0.05, 0) is 24.6 Å². The van der Waals surface area contributed by atoms with Gasteiger partial charge in [0.15, 0.2) is 11.5 Å². The van der Waals surface area contributed by atoms with Crippen LogP contribution in [0.25, 0.3) is 16.9 Å². The maximum atomic E-state index is 13.5. The average molecular weight is 468 g/mol. The quantitative estimate of drug-likeness (QED) is 0.434. The molecule has 10 nitrogen and oxygen atoms in total. The topological polar surface area (TPSA) is 112 Å². The van der Waals surface area contributed by atoms with Crippen LogP contribution >= 0.6 is 23.2 Å². The summed E-state index contributed by atoms with van der Waals surface area (Å²) in [6.07, 6.45) is 3.92. The molecule has 160 valence electrons. The van der Waals surface area contributed by atoms with E-state index in [1.54, 1.807) is 21.3 Å². The molecule has 1 fully saturated rings. The zero-order valence-electron chi connectivity index (χ0n) is 16.4. The summed E-state index contributed by atoms with van der Waals surface area (Å²) in [7, 11) is 0. The minimum absolute atomic E-state index is 0.0848. The van der Waals surface area contributed by atoms with Crippen LogP contribution in [0.15, 0.2) is 53.6 Å². The minimum atomic E-state index is -0.256. The van der Waals surface area contributed by atoms with Crippen molar-refractivity contribution in [2.45, 2.75) is 12.5 Å². The number of aromatic nitrogens is 7. The Morgan fingerprint density at radius 3 is 2.62 bits per heavy atom. The fourth-order valence-electron chi connectivity index (χ4n) is 4.02. The molecule has 1 aromatic carbocycles. The standard InChI is InChI=1S/C20H15Cl2N9O/c21-12-6-9-29-15(12)18(32)30(11-4-2-1-3-5-11)17(27-29)14-7-8-28(14)20-26-19(23)25-16-13(22)10-24-31(16)20/h1-6,9-10,14H,7-8H2,(H2,23,25)/t14-/m0/s1. The first kappa shape index (κ1) is 19.1. The van der Waals surface area contributed by atoms with Crippen LogP contribution in [0.4, 0.5) is 11.9 Å². The normalized spacial score (nSPS) is 16.1. The lowest BCUT2D eigenvalue weighted by Crippen LogP contribution is -2.46. The molecule has 0 unspecified atom stereocenters. The van der Waals surface area contributed by atoms with Gasteiger partial charge in [-0.3, -0.25) is 9.36 Å². The molecule has 1 aliphatic rings. The zero-order chi connectivity index (χ0) is 22.0. The van der Waals surface area contributed by atoms with E-state index in [1.165, 1.54) is 10.7 Å². The Morgan fingerprint density at radius 2 is 1.88 bits per heavy atom. The molecule has 5 aromatic rings. The van der Waals surface area contributed by atoms with Crippen LogP contribution in [0, 0.1) is 0 Å². The molecule has 4 aromatic heterocycles. The second kappa shape index (κ2) is 6.94. The number of nitrogens with two attached hydrogens (primary N) is 1. The molecule has 0 saturated carbocycles. The summed E-state index contributed by atoms with van der Waals surface area (Å²) < 4.78 is 4.65. The lowest BCUT2D eigenvalue weighted by atomic mass is 10.0. The number of nitrogen functional groups attached to an aromatic ring is 1. The van der Waals surface area contributed by atoms with Crippen LogP contribution in [0.5, 0.6) is 0 Å². The van der Waals surface area contributed by atoms with E-state index in [4.69, 9.17) is 34.0 Å². The molecule has 2 N–H and O–H groups in total. The third-order valence-corrected chi connectivity index (χ3v) is 6.15. The molecule has 6 rings (SSSR count). The Labute approximate surface area is 190 Å². The number of benzene rings is 1. The first-order valence-electron chi connectivity index (χ1n) is 9.81. The lowest BCUT2D eigenvalue weighted by Gasteiger charge is -2.41. The SMILES string of the molecule is Nc1nc(N2CC[C@H]2c2nn3ccc(Cl)c3c(=O)n2-c2ccccc2)n2ncc(Cl)c2n1. The summed E-state index contributed by atoms with van der Waals surface area (Å²) in [5, 5.41) is 9.78. The second-order valence-corrected chi connectivity index (χ2v) is 8.21. The molecule has 5 heterocycles. The molecule has 1 aliphatic heterocycles. The van der Waals surface area contributed by atoms with Crippen molar-refractivity contribution in [1.82, 2.24) is 33.8 Å². The van der Waals surface area contributed by atoms with Crippen molar-refractivity contribution in [2.24, 2.45) is 0 Å². The van der Waals surface area contributed by atoms with E-state index in [0.717, 1.165) is 6.42 Å². The van der Waals surface area contributed by atoms with Gasteiger partial charge in [0.2, 0.25) is 11.9 Å². The van der Waals surface area contributed by atoms with Crippen LogP contribution in [0.3, 0.4) is 0 Å². The first-order chi connectivity index (χ1) is 15.5. The van der Waals surface area contributed by atoms with E-state index in [2.05, 4.69) is 15.1 Å². The number of nitrogens with zero attached hydrogens (tertiary/aromatic N) is 8. The number of rotatable bonds is 3. The zero-order valence-corrected chi connectivity index (χ0v) is 17.9. The molecule has 0 radical (unpaired) electrons. The highest BCUT2D eigenvalue weighted by Crippen LogP contribution is 2.37. The van der Waals surface area contributed by atoms with Gasteiger partial charge in [0.1, 0.15) is 10.5 Å². The highest BCUT2D eigenvalue weighted by Gasteiger charge is 2.37.